The highest BCUT2D eigenvalue weighted by Crippen LogP contribution is 2.42. The fraction of sp³-hybridized carbons (Fsp3) is 0.714. The van der Waals surface area contributed by atoms with E-state index in [9.17, 15) is 9.59 Å². The van der Waals surface area contributed by atoms with Gasteiger partial charge in [0.15, 0.2) is 5.79 Å². The Morgan fingerprint density at radius 2 is 1.71 bits per heavy atom. The van der Waals surface area contributed by atoms with Gasteiger partial charge in [-0.15, -0.1) is 11.3 Å². The first-order chi connectivity index (χ1) is 16.6. The summed E-state index contributed by atoms with van der Waals surface area (Å²) in [5.74, 6) is 6.33. The van der Waals surface area contributed by atoms with Crippen molar-refractivity contribution in [2.24, 2.45) is 17.3 Å². The van der Waals surface area contributed by atoms with Crippen LogP contribution in [-0.2, 0) is 19.0 Å². The Bertz CT molecular complexity index is 973. The third kappa shape index (κ3) is 6.10. The molecule has 4 rings (SSSR count). The summed E-state index contributed by atoms with van der Waals surface area (Å²) in [7, 11) is 1.39. The van der Waals surface area contributed by atoms with Gasteiger partial charge in [0.2, 0.25) is 5.91 Å². The number of ether oxygens (including phenoxy) is 3. The lowest BCUT2D eigenvalue weighted by Gasteiger charge is -2.42. The summed E-state index contributed by atoms with van der Waals surface area (Å²) in [5.41, 5.74) is 0.487. The molecular formula is C28H39NO5S. The summed E-state index contributed by atoms with van der Waals surface area (Å²) in [4.78, 5) is 30.1. The minimum absolute atomic E-state index is 0.0123. The van der Waals surface area contributed by atoms with Crippen molar-refractivity contribution in [3.8, 4) is 11.8 Å². The van der Waals surface area contributed by atoms with Crippen molar-refractivity contribution >= 4 is 28.9 Å². The van der Waals surface area contributed by atoms with E-state index in [1.807, 2.05) is 11.0 Å². The molecule has 1 aromatic rings. The highest BCUT2D eigenvalue weighted by atomic mass is 32.1. The molecule has 0 N–H and O–H groups in total. The van der Waals surface area contributed by atoms with Crippen LogP contribution in [0.4, 0.5) is 5.69 Å². The molecule has 3 aliphatic rings. The second-order valence-electron chi connectivity index (χ2n) is 11.3. The molecule has 1 amide bonds. The van der Waals surface area contributed by atoms with Crippen LogP contribution in [0, 0.1) is 29.1 Å². The van der Waals surface area contributed by atoms with Gasteiger partial charge < -0.3 is 19.1 Å². The van der Waals surface area contributed by atoms with E-state index in [0.29, 0.717) is 29.7 Å². The van der Waals surface area contributed by atoms with Crippen LogP contribution < -0.4 is 4.90 Å². The van der Waals surface area contributed by atoms with Crippen molar-refractivity contribution < 1.29 is 23.8 Å². The lowest BCUT2D eigenvalue weighted by Crippen LogP contribution is -2.49. The van der Waals surface area contributed by atoms with E-state index in [0.717, 1.165) is 56.2 Å². The third-order valence-electron chi connectivity index (χ3n) is 7.40. The summed E-state index contributed by atoms with van der Waals surface area (Å²) in [5, 5.41) is 0. The summed E-state index contributed by atoms with van der Waals surface area (Å²) >= 11 is 1.32. The molecule has 2 heterocycles. The molecule has 7 heteroatoms. The van der Waals surface area contributed by atoms with E-state index < -0.39 is 11.8 Å². The van der Waals surface area contributed by atoms with Gasteiger partial charge in [-0.2, -0.15) is 0 Å². The number of hydrogen-bond donors (Lipinski definition) is 0. The maximum absolute atomic E-state index is 14.1. The van der Waals surface area contributed by atoms with Crippen molar-refractivity contribution in [1.82, 2.24) is 0 Å². The number of carbonyl (C=O) groups excluding carboxylic acids is 2. The van der Waals surface area contributed by atoms with Crippen LogP contribution in [0.2, 0.25) is 0 Å². The van der Waals surface area contributed by atoms with Gasteiger partial charge >= 0.3 is 5.97 Å². The minimum atomic E-state index is -0.505. The quantitative estimate of drug-likeness (QED) is 0.387. The number of rotatable bonds is 4. The normalized spacial score (nSPS) is 24.6. The third-order valence-corrected chi connectivity index (χ3v) is 8.42. The number of thiophene rings is 1. The molecule has 0 aromatic carbocycles. The predicted octanol–water partition coefficient (Wildman–Crippen LogP) is 5.78. The van der Waals surface area contributed by atoms with E-state index in [4.69, 9.17) is 14.2 Å². The molecule has 0 atom stereocenters. The fourth-order valence-electron chi connectivity index (χ4n) is 5.40. The molecule has 2 saturated carbocycles. The molecule has 2 aliphatic carbocycles. The topological polar surface area (TPSA) is 65.1 Å². The van der Waals surface area contributed by atoms with Gasteiger partial charge in [-0.1, -0.05) is 18.8 Å². The van der Waals surface area contributed by atoms with Gasteiger partial charge in [-0.05, 0) is 71.3 Å². The molecule has 35 heavy (non-hydrogen) atoms. The van der Waals surface area contributed by atoms with Crippen molar-refractivity contribution in [3.05, 3.63) is 15.8 Å². The Kier molecular flexibility index (Phi) is 7.95. The lowest BCUT2D eigenvalue weighted by atomic mass is 9.81. The van der Waals surface area contributed by atoms with Gasteiger partial charge in [0.1, 0.15) is 4.88 Å². The van der Waals surface area contributed by atoms with Crippen LogP contribution in [0.3, 0.4) is 0 Å². The number of esters is 1. The first-order valence-electron chi connectivity index (χ1n) is 13.0. The van der Waals surface area contributed by atoms with Gasteiger partial charge in [-0.3, -0.25) is 4.79 Å². The van der Waals surface area contributed by atoms with Crippen LogP contribution in [0.15, 0.2) is 6.07 Å². The SMILES string of the molecule is COC(=O)c1sc(C#CC(C)(C)C)cc1N(C(=O)[C@H]1CC[C@H](C)CC1)C1CCC2(CC1)OCCO2. The van der Waals surface area contributed by atoms with Gasteiger partial charge in [0.05, 0.1) is 30.9 Å². The Labute approximate surface area is 213 Å². The summed E-state index contributed by atoms with van der Waals surface area (Å²) in [6.45, 7) is 9.68. The van der Waals surface area contributed by atoms with Crippen molar-refractivity contribution in [2.45, 2.75) is 90.9 Å². The zero-order chi connectivity index (χ0) is 25.2. The molecule has 0 unspecified atom stereocenters. The maximum Gasteiger partial charge on any atom is 0.350 e. The molecule has 1 spiro atoms. The van der Waals surface area contributed by atoms with E-state index >= 15 is 0 Å². The van der Waals surface area contributed by atoms with Crippen LogP contribution in [0.25, 0.3) is 0 Å². The van der Waals surface area contributed by atoms with Crippen molar-refractivity contribution in [3.63, 3.8) is 0 Å². The molecule has 1 aliphatic heterocycles. The van der Waals surface area contributed by atoms with Crippen LogP contribution >= 0.6 is 11.3 Å². The molecule has 3 fully saturated rings. The number of carbonyl (C=O) groups is 2. The van der Waals surface area contributed by atoms with Crippen molar-refractivity contribution in [1.29, 1.82) is 0 Å². The molecule has 1 saturated heterocycles. The second kappa shape index (κ2) is 10.6. The Morgan fingerprint density at radius 3 is 2.29 bits per heavy atom. The summed E-state index contributed by atoms with van der Waals surface area (Å²) in [6.07, 6.45) is 6.96. The average molecular weight is 502 g/mol. The van der Waals surface area contributed by atoms with Crippen LogP contribution in [-0.4, -0.2) is 44.0 Å². The Balaban J connectivity index is 1.69. The van der Waals surface area contributed by atoms with E-state index in [-0.39, 0.29) is 23.3 Å². The van der Waals surface area contributed by atoms with Crippen LogP contribution in [0.5, 0.6) is 0 Å². The van der Waals surface area contributed by atoms with E-state index in [1.54, 1.807) is 0 Å². The number of hydrogen-bond acceptors (Lipinski definition) is 6. The molecule has 192 valence electrons. The first-order valence-corrected chi connectivity index (χ1v) is 13.8. The summed E-state index contributed by atoms with van der Waals surface area (Å²) < 4.78 is 17.0. The smallest absolute Gasteiger partial charge is 0.350 e. The van der Waals surface area contributed by atoms with E-state index in [1.165, 1.54) is 18.4 Å². The maximum atomic E-state index is 14.1. The number of amides is 1. The Hall–Kier alpha value is -1.88. The van der Waals surface area contributed by atoms with E-state index in [2.05, 4.69) is 39.5 Å². The standard InChI is InChI=1S/C28H39NO5S/c1-19-6-8-20(9-7-19)25(30)29(21-10-14-28(15-11-21)33-16-17-34-28)23-18-22(12-13-27(2,3)4)35-24(23)26(31)32-5/h18-21H,6-11,14-17H2,1-5H3/t19-,20-. The molecule has 1 aromatic heterocycles. The predicted molar refractivity (Wildman–Crippen MR) is 137 cm³/mol. The molecular weight excluding hydrogens is 462 g/mol. The largest absolute Gasteiger partial charge is 0.465 e. The zero-order valence-corrected chi connectivity index (χ0v) is 22.6. The zero-order valence-electron chi connectivity index (χ0n) is 21.8. The van der Waals surface area contributed by atoms with Crippen molar-refractivity contribution in [2.75, 3.05) is 25.2 Å². The molecule has 0 bridgehead atoms. The average Bonchev–Trinajstić information content (AvgIpc) is 3.46. The number of methoxy groups -OCH3 is 1. The second-order valence-corrected chi connectivity index (χ2v) is 12.4. The monoisotopic (exact) mass is 501 g/mol. The van der Waals surface area contributed by atoms with Crippen LogP contribution in [0.1, 0.15) is 93.6 Å². The fourth-order valence-corrected chi connectivity index (χ4v) is 6.32. The first kappa shape index (κ1) is 26.2. The highest BCUT2D eigenvalue weighted by molar-refractivity contribution is 7.15. The van der Waals surface area contributed by atoms with Gasteiger partial charge in [0, 0.05) is 30.2 Å². The molecule has 0 radical (unpaired) electrons. The minimum Gasteiger partial charge on any atom is -0.465 e. The van der Waals surface area contributed by atoms with Gasteiger partial charge in [0.25, 0.3) is 0 Å². The number of nitrogens with zero attached hydrogens (tertiary/aromatic N) is 1. The lowest BCUT2D eigenvalue weighted by molar-refractivity contribution is -0.179. The number of anilines is 1. The van der Waals surface area contributed by atoms with Gasteiger partial charge in [-0.25, -0.2) is 4.79 Å². The Morgan fingerprint density at radius 1 is 1.09 bits per heavy atom. The highest BCUT2D eigenvalue weighted by Gasteiger charge is 2.44. The summed E-state index contributed by atoms with van der Waals surface area (Å²) in [6, 6.07) is 1.91. The molecule has 6 nitrogen and oxygen atoms in total.